The Labute approximate surface area is 118 Å². The van der Waals surface area contributed by atoms with Gasteiger partial charge < -0.3 is 5.11 Å². The molecule has 0 radical (unpaired) electrons. The van der Waals surface area contributed by atoms with Crippen LogP contribution < -0.4 is 0 Å². The summed E-state index contributed by atoms with van der Waals surface area (Å²) in [5, 5.41) is 11.3. The third-order valence-corrected chi connectivity index (χ3v) is 4.18. The van der Waals surface area contributed by atoms with E-state index in [-0.39, 0.29) is 5.92 Å². The zero-order valence-electron chi connectivity index (χ0n) is 10.8. The van der Waals surface area contributed by atoms with Crippen LogP contribution in [0.1, 0.15) is 40.8 Å². The molecule has 3 heteroatoms. The van der Waals surface area contributed by atoms with Crippen molar-refractivity contribution in [3.63, 3.8) is 0 Å². The normalized spacial score (nSPS) is 19.2. The molecule has 1 heterocycles. The molecule has 0 bridgehead atoms. The lowest BCUT2D eigenvalue weighted by atomic mass is 9.91. The van der Waals surface area contributed by atoms with E-state index in [9.17, 15) is 5.11 Å². The summed E-state index contributed by atoms with van der Waals surface area (Å²) in [5.41, 5.74) is 4.28. The van der Waals surface area contributed by atoms with E-state index in [0.717, 1.165) is 29.7 Å². The van der Waals surface area contributed by atoms with Gasteiger partial charge in [-0.3, -0.25) is 4.98 Å². The minimum Gasteiger partial charge on any atom is -0.388 e. The van der Waals surface area contributed by atoms with Crippen LogP contribution in [0.25, 0.3) is 0 Å². The van der Waals surface area contributed by atoms with E-state index in [4.69, 9.17) is 11.6 Å². The highest BCUT2D eigenvalue weighted by atomic mass is 35.5. The van der Waals surface area contributed by atoms with Crippen LogP contribution in [0.3, 0.4) is 0 Å². The molecule has 0 saturated heterocycles. The van der Waals surface area contributed by atoms with Gasteiger partial charge in [0, 0.05) is 22.8 Å². The van der Waals surface area contributed by atoms with Crippen molar-refractivity contribution in [1.82, 2.24) is 4.98 Å². The Bertz CT molecular complexity index is 611. The second-order valence-corrected chi connectivity index (χ2v) is 5.58. The molecule has 1 N–H and O–H groups in total. The Morgan fingerprint density at radius 1 is 1.37 bits per heavy atom. The van der Waals surface area contributed by atoms with Crippen LogP contribution in [-0.4, -0.2) is 10.1 Å². The second kappa shape index (κ2) is 4.95. The summed E-state index contributed by atoms with van der Waals surface area (Å²) >= 11 is 6.04. The zero-order valence-corrected chi connectivity index (χ0v) is 11.6. The van der Waals surface area contributed by atoms with Crippen molar-refractivity contribution in [3.8, 4) is 0 Å². The number of fused-ring (bicyclic) bond motifs is 1. The Hall–Kier alpha value is -1.38. The first-order valence-corrected chi connectivity index (χ1v) is 6.92. The molecule has 0 saturated carbocycles. The SMILES string of the molecule is Cc1ccc(Cl)cc1C(O)C1CCc2cccnc21. The van der Waals surface area contributed by atoms with Crippen molar-refractivity contribution in [2.24, 2.45) is 0 Å². The van der Waals surface area contributed by atoms with Crippen LogP contribution in [0.2, 0.25) is 5.02 Å². The fourth-order valence-corrected chi connectivity index (χ4v) is 3.08. The van der Waals surface area contributed by atoms with Crippen molar-refractivity contribution in [1.29, 1.82) is 0 Å². The Balaban J connectivity index is 1.97. The van der Waals surface area contributed by atoms with Crippen molar-refractivity contribution < 1.29 is 5.11 Å². The molecule has 2 atom stereocenters. The molecule has 0 fully saturated rings. The minimum absolute atomic E-state index is 0.0772. The largest absolute Gasteiger partial charge is 0.388 e. The molecule has 2 aromatic rings. The molecule has 1 aromatic heterocycles. The molecule has 19 heavy (non-hydrogen) atoms. The zero-order chi connectivity index (χ0) is 13.4. The molecule has 2 nitrogen and oxygen atoms in total. The fraction of sp³-hybridized carbons (Fsp3) is 0.312. The van der Waals surface area contributed by atoms with Crippen LogP contribution >= 0.6 is 11.6 Å². The summed E-state index contributed by atoms with van der Waals surface area (Å²) in [6, 6.07) is 9.73. The number of aliphatic hydroxyl groups is 1. The molecule has 1 aliphatic carbocycles. The Morgan fingerprint density at radius 2 is 2.21 bits per heavy atom. The maximum Gasteiger partial charge on any atom is 0.0876 e. The van der Waals surface area contributed by atoms with Gasteiger partial charge in [0.05, 0.1) is 6.10 Å². The minimum atomic E-state index is -0.533. The van der Waals surface area contributed by atoms with Crippen LogP contribution in [0.5, 0.6) is 0 Å². The summed E-state index contributed by atoms with van der Waals surface area (Å²) < 4.78 is 0. The maximum absolute atomic E-state index is 10.7. The van der Waals surface area contributed by atoms with Crippen LogP contribution in [-0.2, 0) is 6.42 Å². The smallest absolute Gasteiger partial charge is 0.0876 e. The quantitative estimate of drug-likeness (QED) is 0.903. The van der Waals surface area contributed by atoms with Gasteiger partial charge in [0.25, 0.3) is 0 Å². The van der Waals surface area contributed by atoms with E-state index in [1.165, 1.54) is 5.56 Å². The number of benzene rings is 1. The molecule has 98 valence electrons. The summed E-state index contributed by atoms with van der Waals surface area (Å²) in [4.78, 5) is 4.45. The van der Waals surface area contributed by atoms with E-state index in [1.54, 1.807) is 6.20 Å². The lowest BCUT2D eigenvalue weighted by molar-refractivity contribution is 0.142. The second-order valence-electron chi connectivity index (χ2n) is 5.14. The molecule has 0 aliphatic heterocycles. The van der Waals surface area contributed by atoms with Crippen molar-refractivity contribution in [2.75, 3.05) is 0 Å². The summed E-state index contributed by atoms with van der Waals surface area (Å²) in [5.74, 6) is 0.0772. The lowest BCUT2D eigenvalue weighted by Gasteiger charge is -2.20. The monoisotopic (exact) mass is 273 g/mol. The highest BCUT2D eigenvalue weighted by molar-refractivity contribution is 6.30. The first-order chi connectivity index (χ1) is 9.16. The fourth-order valence-electron chi connectivity index (χ4n) is 2.90. The number of rotatable bonds is 2. The first kappa shape index (κ1) is 12.6. The Kier molecular flexibility index (Phi) is 3.29. The number of hydrogen-bond acceptors (Lipinski definition) is 2. The number of halogens is 1. The highest BCUT2D eigenvalue weighted by Gasteiger charge is 2.31. The number of aryl methyl sites for hydroxylation is 2. The number of hydrogen-bond donors (Lipinski definition) is 1. The van der Waals surface area contributed by atoms with Gasteiger partial charge in [-0.15, -0.1) is 0 Å². The predicted octanol–water partition coefficient (Wildman–Crippen LogP) is 3.81. The van der Waals surface area contributed by atoms with Gasteiger partial charge in [-0.1, -0.05) is 23.7 Å². The van der Waals surface area contributed by atoms with Gasteiger partial charge in [-0.25, -0.2) is 0 Å². The Morgan fingerprint density at radius 3 is 3.05 bits per heavy atom. The van der Waals surface area contributed by atoms with E-state index in [1.807, 2.05) is 31.2 Å². The van der Waals surface area contributed by atoms with E-state index in [2.05, 4.69) is 11.1 Å². The number of pyridine rings is 1. The third-order valence-electron chi connectivity index (χ3n) is 3.94. The summed E-state index contributed by atoms with van der Waals surface area (Å²) in [6.07, 6.45) is 3.20. The molecule has 3 rings (SSSR count). The summed E-state index contributed by atoms with van der Waals surface area (Å²) in [7, 11) is 0. The molecule has 2 unspecified atom stereocenters. The first-order valence-electron chi connectivity index (χ1n) is 6.54. The summed E-state index contributed by atoms with van der Waals surface area (Å²) in [6.45, 7) is 2.00. The molecule has 1 aromatic carbocycles. The third kappa shape index (κ3) is 2.26. The number of aliphatic hydroxyl groups excluding tert-OH is 1. The molecule has 1 aliphatic rings. The highest BCUT2D eigenvalue weighted by Crippen LogP contribution is 2.41. The maximum atomic E-state index is 10.7. The molecular formula is C16H16ClNO. The predicted molar refractivity (Wildman–Crippen MR) is 76.4 cm³/mol. The molecular weight excluding hydrogens is 258 g/mol. The van der Waals surface area contributed by atoms with E-state index in [0.29, 0.717) is 5.02 Å². The van der Waals surface area contributed by atoms with Gasteiger partial charge in [0.15, 0.2) is 0 Å². The average Bonchev–Trinajstić information content (AvgIpc) is 2.84. The van der Waals surface area contributed by atoms with Crippen LogP contribution in [0.15, 0.2) is 36.5 Å². The van der Waals surface area contributed by atoms with Crippen molar-refractivity contribution >= 4 is 11.6 Å². The van der Waals surface area contributed by atoms with Gasteiger partial charge in [-0.2, -0.15) is 0 Å². The topological polar surface area (TPSA) is 33.1 Å². The lowest BCUT2D eigenvalue weighted by Crippen LogP contribution is -2.10. The van der Waals surface area contributed by atoms with Crippen LogP contribution in [0, 0.1) is 6.92 Å². The van der Waals surface area contributed by atoms with Gasteiger partial charge in [0.2, 0.25) is 0 Å². The van der Waals surface area contributed by atoms with Crippen molar-refractivity contribution in [3.05, 3.63) is 63.9 Å². The van der Waals surface area contributed by atoms with Crippen LogP contribution in [0.4, 0.5) is 0 Å². The van der Waals surface area contributed by atoms with Gasteiger partial charge in [0.1, 0.15) is 0 Å². The molecule has 0 spiro atoms. The number of aromatic nitrogens is 1. The van der Waals surface area contributed by atoms with Crippen molar-refractivity contribution in [2.45, 2.75) is 31.8 Å². The number of nitrogens with zero attached hydrogens (tertiary/aromatic N) is 1. The van der Waals surface area contributed by atoms with Gasteiger partial charge in [-0.05, 0) is 54.7 Å². The standard InChI is InChI=1S/C16H16ClNO/c1-10-4-6-12(17)9-14(10)16(19)13-7-5-11-3-2-8-18-15(11)13/h2-4,6,8-9,13,16,19H,5,7H2,1H3. The van der Waals surface area contributed by atoms with Gasteiger partial charge >= 0.3 is 0 Å². The van der Waals surface area contributed by atoms with E-state index >= 15 is 0 Å². The van der Waals surface area contributed by atoms with E-state index < -0.39 is 6.10 Å². The molecule has 0 amide bonds. The average molecular weight is 274 g/mol.